The highest BCUT2D eigenvalue weighted by molar-refractivity contribution is 14.1. The molecule has 4 nitrogen and oxygen atoms in total. The van der Waals surface area contributed by atoms with E-state index in [1.807, 2.05) is 22.6 Å². The maximum Gasteiger partial charge on any atom is 0.201 e. The number of phenolic OH excluding ortho intramolecular Hbond substituents is 2. The van der Waals surface area contributed by atoms with Crippen molar-refractivity contribution in [3.8, 4) is 22.6 Å². The SMILES string of the molecule is O=c1c(-c2ccc(O)cc2)c(I)oc2cc(O)ccc12. The molecular formula is C15H9IO4. The normalized spacial score (nSPS) is 10.8. The molecule has 0 radical (unpaired) electrons. The zero-order valence-electron chi connectivity index (χ0n) is 10.1. The summed E-state index contributed by atoms with van der Waals surface area (Å²) in [7, 11) is 0. The fraction of sp³-hybridized carbons (Fsp3) is 0. The molecule has 3 aromatic rings. The van der Waals surface area contributed by atoms with E-state index in [2.05, 4.69) is 0 Å². The largest absolute Gasteiger partial charge is 0.508 e. The molecule has 1 heterocycles. The first-order chi connectivity index (χ1) is 9.56. The van der Waals surface area contributed by atoms with Crippen molar-refractivity contribution in [3.63, 3.8) is 0 Å². The molecule has 0 aliphatic carbocycles. The van der Waals surface area contributed by atoms with Crippen molar-refractivity contribution in [1.82, 2.24) is 0 Å². The van der Waals surface area contributed by atoms with E-state index >= 15 is 0 Å². The average molecular weight is 380 g/mol. The molecule has 0 bridgehead atoms. The fourth-order valence-corrected chi connectivity index (χ4v) is 2.82. The second-order valence-corrected chi connectivity index (χ2v) is 5.29. The van der Waals surface area contributed by atoms with E-state index in [9.17, 15) is 15.0 Å². The van der Waals surface area contributed by atoms with Gasteiger partial charge in [0, 0.05) is 28.7 Å². The third kappa shape index (κ3) is 2.14. The van der Waals surface area contributed by atoms with Crippen LogP contribution in [0, 0.1) is 3.77 Å². The van der Waals surface area contributed by atoms with Crippen LogP contribution >= 0.6 is 22.6 Å². The highest BCUT2D eigenvalue weighted by atomic mass is 127. The Morgan fingerprint density at radius 2 is 1.60 bits per heavy atom. The van der Waals surface area contributed by atoms with Gasteiger partial charge in [-0.05, 0) is 29.8 Å². The number of benzene rings is 2. The van der Waals surface area contributed by atoms with Gasteiger partial charge in [0.2, 0.25) is 5.43 Å². The van der Waals surface area contributed by atoms with Gasteiger partial charge in [-0.15, -0.1) is 0 Å². The van der Waals surface area contributed by atoms with E-state index in [1.54, 1.807) is 12.1 Å². The van der Waals surface area contributed by atoms with Crippen LogP contribution in [-0.2, 0) is 0 Å². The first-order valence-electron chi connectivity index (χ1n) is 5.81. The Labute approximate surface area is 127 Å². The van der Waals surface area contributed by atoms with Crippen LogP contribution in [0.25, 0.3) is 22.1 Å². The number of halogens is 1. The van der Waals surface area contributed by atoms with Crippen molar-refractivity contribution in [2.45, 2.75) is 0 Å². The Balaban J connectivity index is 2.34. The Morgan fingerprint density at radius 1 is 0.950 bits per heavy atom. The van der Waals surface area contributed by atoms with E-state index < -0.39 is 0 Å². The molecule has 0 saturated carbocycles. The van der Waals surface area contributed by atoms with Crippen molar-refractivity contribution >= 4 is 33.6 Å². The van der Waals surface area contributed by atoms with Crippen LogP contribution in [0.4, 0.5) is 0 Å². The number of phenols is 2. The van der Waals surface area contributed by atoms with Crippen molar-refractivity contribution in [1.29, 1.82) is 0 Å². The lowest BCUT2D eigenvalue weighted by atomic mass is 10.1. The summed E-state index contributed by atoms with van der Waals surface area (Å²) in [5.74, 6) is 0.188. The van der Waals surface area contributed by atoms with Gasteiger partial charge in [-0.3, -0.25) is 4.79 Å². The van der Waals surface area contributed by atoms with Crippen LogP contribution in [0.5, 0.6) is 11.5 Å². The van der Waals surface area contributed by atoms with Crippen molar-refractivity contribution in [3.05, 3.63) is 56.5 Å². The van der Waals surface area contributed by atoms with E-state index in [1.165, 1.54) is 30.3 Å². The first kappa shape index (κ1) is 13.0. The van der Waals surface area contributed by atoms with Crippen LogP contribution in [0.3, 0.4) is 0 Å². The van der Waals surface area contributed by atoms with E-state index in [0.717, 1.165) is 0 Å². The zero-order chi connectivity index (χ0) is 14.3. The third-order valence-corrected chi connectivity index (χ3v) is 3.75. The molecule has 0 spiro atoms. The van der Waals surface area contributed by atoms with Crippen LogP contribution in [0.2, 0.25) is 0 Å². The monoisotopic (exact) mass is 380 g/mol. The average Bonchev–Trinajstić information content (AvgIpc) is 2.40. The van der Waals surface area contributed by atoms with Crippen LogP contribution in [0.1, 0.15) is 0 Å². The molecule has 2 aromatic carbocycles. The van der Waals surface area contributed by atoms with E-state index in [0.29, 0.717) is 25.9 Å². The maximum atomic E-state index is 12.5. The summed E-state index contributed by atoms with van der Waals surface area (Å²) < 4.78 is 6.04. The molecule has 0 fully saturated rings. The minimum absolute atomic E-state index is 0.0498. The minimum atomic E-state index is -0.165. The number of rotatable bonds is 1. The molecule has 0 aliphatic rings. The molecule has 0 saturated heterocycles. The lowest BCUT2D eigenvalue weighted by Crippen LogP contribution is -2.07. The van der Waals surface area contributed by atoms with E-state index in [4.69, 9.17) is 4.42 Å². The molecule has 0 atom stereocenters. The summed E-state index contributed by atoms with van der Waals surface area (Å²) in [4.78, 5) is 12.5. The van der Waals surface area contributed by atoms with Gasteiger partial charge in [-0.1, -0.05) is 12.1 Å². The molecular weight excluding hydrogens is 371 g/mol. The number of hydrogen-bond donors (Lipinski definition) is 2. The third-order valence-electron chi connectivity index (χ3n) is 2.99. The minimum Gasteiger partial charge on any atom is -0.508 e. The molecule has 0 amide bonds. The Morgan fingerprint density at radius 3 is 2.30 bits per heavy atom. The molecule has 5 heteroatoms. The molecule has 0 unspecified atom stereocenters. The predicted molar refractivity (Wildman–Crippen MR) is 84.0 cm³/mol. The second kappa shape index (κ2) is 4.82. The van der Waals surface area contributed by atoms with Crippen LogP contribution in [0.15, 0.2) is 51.7 Å². The van der Waals surface area contributed by atoms with Gasteiger partial charge in [0.05, 0.1) is 10.9 Å². The Kier molecular flexibility index (Phi) is 3.13. The van der Waals surface area contributed by atoms with Crippen LogP contribution < -0.4 is 5.43 Å². The summed E-state index contributed by atoms with van der Waals surface area (Å²) >= 11 is 1.95. The van der Waals surface area contributed by atoms with Crippen molar-refractivity contribution in [2.75, 3.05) is 0 Å². The van der Waals surface area contributed by atoms with Gasteiger partial charge in [-0.25, -0.2) is 0 Å². The van der Waals surface area contributed by atoms with Gasteiger partial charge >= 0.3 is 0 Å². The van der Waals surface area contributed by atoms with Gasteiger partial charge in [0.25, 0.3) is 0 Å². The molecule has 1 aromatic heterocycles. The fourth-order valence-electron chi connectivity index (χ4n) is 2.03. The lowest BCUT2D eigenvalue weighted by Gasteiger charge is -2.06. The molecule has 0 aliphatic heterocycles. The molecule has 20 heavy (non-hydrogen) atoms. The van der Waals surface area contributed by atoms with Gasteiger partial charge in [0.15, 0.2) is 3.77 Å². The Hall–Kier alpha value is -2.02. The first-order valence-corrected chi connectivity index (χ1v) is 6.89. The van der Waals surface area contributed by atoms with Gasteiger partial charge in [-0.2, -0.15) is 0 Å². The van der Waals surface area contributed by atoms with Crippen LogP contribution in [-0.4, -0.2) is 10.2 Å². The van der Waals surface area contributed by atoms with Gasteiger partial charge < -0.3 is 14.6 Å². The van der Waals surface area contributed by atoms with E-state index in [-0.39, 0.29) is 16.9 Å². The summed E-state index contributed by atoms with van der Waals surface area (Å²) in [5, 5.41) is 19.2. The smallest absolute Gasteiger partial charge is 0.201 e. The summed E-state index contributed by atoms with van der Waals surface area (Å²) in [6.07, 6.45) is 0. The van der Waals surface area contributed by atoms with Gasteiger partial charge in [0.1, 0.15) is 17.1 Å². The number of fused-ring (bicyclic) bond motifs is 1. The quantitative estimate of drug-likeness (QED) is 0.635. The highest BCUT2D eigenvalue weighted by Gasteiger charge is 2.14. The van der Waals surface area contributed by atoms with Crippen molar-refractivity contribution < 1.29 is 14.6 Å². The molecule has 2 N–H and O–H groups in total. The second-order valence-electron chi connectivity index (χ2n) is 4.31. The summed E-state index contributed by atoms with van der Waals surface area (Å²) in [6, 6.07) is 10.8. The maximum absolute atomic E-state index is 12.5. The topological polar surface area (TPSA) is 70.7 Å². The highest BCUT2D eigenvalue weighted by Crippen LogP contribution is 2.28. The zero-order valence-corrected chi connectivity index (χ0v) is 12.3. The predicted octanol–water partition coefficient (Wildman–Crippen LogP) is 3.48. The lowest BCUT2D eigenvalue weighted by molar-refractivity contribution is 0.473. The summed E-state index contributed by atoms with van der Waals surface area (Å²) in [5.41, 5.74) is 1.31. The summed E-state index contributed by atoms with van der Waals surface area (Å²) in [6.45, 7) is 0. The number of aromatic hydroxyl groups is 2. The standard InChI is InChI=1S/C15H9IO4/c16-15-13(8-1-3-9(17)4-2-8)14(19)11-6-5-10(18)7-12(11)20-15/h1-7,17-18H. The Bertz CT molecular complexity index is 850. The molecule has 100 valence electrons. The number of hydrogen-bond acceptors (Lipinski definition) is 4. The molecule has 3 rings (SSSR count). The van der Waals surface area contributed by atoms with Crippen molar-refractivity contribution in [2.24, 2.45) is 0 Å².